The summed E-state index contributed by atoms with van der Waals surface area (Å²) in [5.41, 5.74) is 9.16. The minimum atomic E-state index is -0.116. The normalized spacial score (nSPS) is 12.7. The zero-order chi connectivity index (χ0) is 14.0. The van der Waals surface area contributed by atoms with E-state index in [1.54, 1.807) is 0 Å². The van der Waals surface area contributed by atoms with Gasteiger partial charge in [-0.1, -0.05) is 42.3 Å². The van der Waals surface area contributed by atoms with Crippen LogP contribution in [0.3, 0.4) is 0 Å². The van der Waals surface area contributed by atoms with Crippen molar-refractivity contribution in [3.05, 3.63) is 51.3 Å². The number of aromatic nitrogens is 2. The maximum absolute atomic E-state index is 6.33. The van der Waals surface area contributed by atoms with Gasteiger partial charge in [-0.05, 0) is 24.1 Å². The van der Waals surface area contributed by atoms with E-state index >= 15 is 0 Å². The summed E-state index contributed by atoms with van der Waals surface area (Å²) in [7, 11) is 1.90. The van der Waals surface area contributed by atoms with Crippen molar-refractivity contribution in [2.24, 2.45) is 12.8 Å². The molecule has 0 aliphatic carbocycles. The molecule has 3 nitrogen and oxygen atoms in total. The van der Waals surface area contributed by atoms with Crippen LogP contribution in [0.2, 0.25) is 10.0 Å². The molecule has 0 aliphatic rings. The minimum Gasteiger partial charge on any atom is -0.324 e. The topological polar surface area (TPSA) is 43.8 Å². The van der Waals surface area contributed by atoms with Gasteiger partial charge < -0.3 is 5.73 Å². The monoisotopic (exact) mass is 297 g/mol. The fourth-order valence-corrected chi connectivity index (χ4v) is 2.57. The van der Waals surface area contributed by atoms with Crippen LogP contribution in [0, 0.1) is 0 Å². The van der Waals surface area contributed by atoms with Crippen LogP contribution in [0.1, 0.15) is 29.9 Å². The first-order valence-electron chi connectivity index (χ1n) is 6.24. The Hall–Kier alpha value is -1.03. The Morgan fingerprint density at radius 1 is 1.26 bits per heavy atom. The van der Waals surface area contributed by atoms with E-state index in [1.165, 1.54) is 0 Å². The van der Waals surface area contributed by atoms with Crippen LogP contribution in [-0.2, 0) is 19.9 Å². The smallest absolute Gasteiger partial charge is 0.0850 e. The maximum atomic E-state index is 6.33. The average Bonchev–Trinajstić information content (AvgIpc) is 2.67. The van der Waals surface area contributed by atoms with Gasteiger partial charge in [0.15, 0.2) is 0 Å². The van der Waals surface area contributed by atoms with Gasteiger partial charge in [0.25, 0.3) is 0 Å². The van der Waals surface area contributed by atoms with E-state index in [1.807, 2.05) is 42.9 Å². The van der Waals surface area contributed by atoms with E-state index < -0.39 is 0 Å². The molecule has 1 atom stereocenters. The van der Waals surface area contributed by atoms with Crippen molar-refractivity contribution in [1.29, 1.82) is 0 Å². The zero-order valence-corrected chi connectivity index (χ0v) is 12.5. The highest BCUT2D eigenvalue weighted by atomic mass is 35.5. The second-order valence-electron chi connectivity index (χ2n) is 4.55. The highest BCUT2D eigenvalue weighted by Crippen LogP contribution is 2.25. The summed E-state index contributed by atoms with van der Waals surface area (Å²) < 4.78 is 1.82. The Bertz CT molecular complexity index is 561. The Labute approximate surface area is 123 Å². The van der Waals surface area contributed by atoms with Crippen LogP contribution in [-0.4, -0.2) is 9.78 Å². The first kappa shape index (κ1) is 14.4. The van der Waals surface area contributed by atoms with E-state index in [9.17, 15) is 0 Å². The molecule has 2 rings (SSSR count). The summed E-state index contributed by atoms with van der Waals surface area (Å²) in [6.07, 6.45) is 1.48. The van der Waals surface area contributed by atoms with Crippen molar-refractivity contribution in [2.45, 2.75) is 25.8 Å². The van der Waals surface area contributed by atoms with Crippen molar-refractivity contribution in [3.8, 4) is 0 Å². The van der Waals surface area contributed by atoms with Gasteiger partial charge in [0, 0.05) is 24.5 Å². The third-order valence-corrected chi connectivity index (χ3v) is 3.90. The molecule has 2 aromatic rings. The van der Waals surface area contributed by atoms with Crippen LogP contribution < -0.4 is 5.73 Å². The van der Waals surface area contributed by atoms with Gasteiger partial charge in [-0.15, -0.1) is 0 Å². The second kappa shape index (κ2) is 5.95. The Kier molecular flexibility index (Phi) is 4.50. The van der Waals surface area contributed by atoms with Crippen LogP contribution >= 0.6 is 23.2 Å². The van der Waals surface area contributed by atoms with E-state index in [0.29, 0.717) is 11.4 Å². The molecule has 0 saturated carbocycles. The summed E-state index contributed by atoms with van der Waals surface area (Å²) in [6.45, 7) is 2.04. The average molecular weight is 298 g/mol. The van der Waals surface area contributed by atoms with Crippen molar-refractivity contribution in [1.82, 2.24) is 9.78 Å². The molecule has 1 unspecified atom stereocenters. The molecule has 0 aliphatic heterocycles. The molecule has 1 aromatic heterocycles. The van der Waals surface area contributed by atoms with Crippen LogP contribution in [0.4, 0.5) is 0 Å². The van der Waals surface area contributed by atoms with Crippen molar-refractivity contribution in [2.75, 3.05) is 0 Å². The van der Waals surface area contributed by atoms with Gasteiger partial charge in [0.2, 0.25) is 0 Å². The summed E-state index contributed by atoms with van der Waals surface area (Å²) in [6, 6.07) is 7.46. The summed E-state index contributed by atoms with van der Waals surface area (Å²) in [5, 5.41) is 5.84. The van der Waals surface area contributed by atoms with Gasteiger partial charge in [0.1, 0.15) is 0 Å². The molecule has 0 saturated heterocycles. The minimum absolute atomic E-state index is 0.116. The van der Waals surface area contributed by atoms with E-state index in [2.05, 4.69) is 5.10 Å². The van der Waals surface area contributed by atoms with Crippen molar-refractivity contribution in [3.63, 3.8) is 0 Å². The molecule has 0 spiro atoms. The molecule has 19 heavy (non-hydrogen) atoms. The van der Waals surface area contributed by atoms with Crippen LogP contribution in [0.25, 0.3) is 0 Å². The Morgan fingerprint density at radius 2 is 1.89 bits per heavy atom. The van der Waals surface area contributed by atoms with E-state index in [4.69, 9.17) is 28.9 Å². The standard InChI is InChI=1S/C14H17Cl2N3/c1-3-12-14(16)13(19(2)18-12)8-11(17)9-4-6-10(15)7-5-9/h4-7,11H,3,8,17H2,1-2H3. The number of rotatable bonds is 4. The van der Waals surface area contributed by atoms with Gasteiger partial charge in [-0.3, -0.25) is 4.68 Å². The first-order valence-corrected chi connectivity index (χ1v) is 6.99. The number of aryl methyl sites for hydroxylation is 2. The summed E-state index contributed by atoms with van der Waals surface area (Å²) >= 11 is 12.2. The molecule has 1 heterocycles. The predicted octanol–water partition coefficient (Wildman–Crippen LogP) is 3.53. The molecule has 5 heteroatoms. The number of hydrogen-bond acceptors (Lipinski definition) is 2. The highest BCUT2D eigenvalue weighted by molar-refractivity contribution is 6.32. The molecular formula is C14H17Cl2N3. The molecule has 2 N–H and O–H groups in total. The van der Waals surface area contributed by atoms with Gasteiger partial charge in [-0.2, -0.15) is 5.10 Å². The summed E-state index contributed by atoms with van der Waals surface area (Å²) in [5.74, 6) is 0. The number of hydrogen-bond donors (Lipinski definition) is 1. The quantitative estimate of drug-likeness (QED) is 0.938. The largest absolute Gasteiger partial charge is 0.324 e. The number of nitrogens with two attached hydrogens (primary N) is 1. The van der Waals surface area contributed by atoms with Crippen LogP contribution in [0.5, 0.6) is 0 Å². The SMILES string of the molecule is CCc1nn(C)c(CC(N)c2ccc(Cl)cc2)c1Cl. The molecule has 0 bridgehead atoms. The molecular weight excluding hydrogens is 281 g/mol. The van der Waals surface area contributed by atoms with Gasteiger partial charge in [-0.25, -0.2) is 0 Å². The highest BCUT2D eigenvalue weighted by Gasteiger charge is 2.16. The number of nitrogens with zero attached hydrogens (tertiary/aromatic N) is 2. The van der Waals surface area contributed by atoms with E-state index in [0.717, 1.165) is 28.4 Å². The lowest BCUT2D eigenvalue weighted by molar-refractivity contribution is 0.638. The summed E-state index contributed by atoms with van der Waals surface area (Å²) in [4.78, 5) is 0. The number of halogens is 2. The zero-order valence-electron chi connectivity index (χ0n) is 11.0. The van der Waals surface area contributed by atoms with Crippen LogP contribution in [0.15, 0.2) is 24.3 Å². The lowest BCUT2D eigenvalue weighted by Gasteiger charge is -2.12. The molecule has 0 amide bonds. The molecule has 0 fully saturated rings. The van der Waals surface area contributed by atoms with Crippen molar-refractivity contribution >= 4 is 23.2 Å². The molecule has 102 valence electrons. The first-order chi connectivity index (χ1) is 9.02. The Morgan fingerprint density at radius 3 is 2.42 bits per heavy atom. The number of benzene rings is 1. The lowest BCUT2D eigenvalue weighted by Crippen LogP contribution is -2.15. The van der Waals surface area contributed by atoms with Crippen molar-refractivity contribution < 1.29 is 0 Å². The second-order valence-corrected chi connectivity index (χ2v) is 5.36. The lowest BCUT2D eigenvalue weighted by atomic mass is 10.0. The van der Waals surface area contributed by atoms with Gasteiger partial charge in [0.05, 0.1) is 16.4 Å². The fraction of sp³-hybridized carbons (Fsp3) is 0.357. The molecule has 1 aromatic carbocycles. The fourth-order valence-electron chi connectivity index (χ4n) is 2.08. The van der Waals surface area contributed by atoms with E-state index in [-0.39, 0.29) is 6.04 Å². The Balaban J connectivity index is 2.21. The molecule has 0 radical (unpaired) electrons. The van der Waals surface area contributed by atoms with Gasteiger partial charge >= 0.3 is 0 Å². The third-order valence-electron chi connectivity index (χ3n) is 3.21. The predicted molar refractivity (Wildman–Crippen MR) is 79.7 cm³/mol. The maximum Gasteiger partial charge on any atom is 0.0850 e. The third kappa shape index (κ3) is 3.11.